The first-order chi connectivity index (χ1) is 11.5. The molecular formula is C18H24N2O4. The molecule has 0 spiro atoms. The Labute approximate surface area is 141 Å². The third-order valence-electron chi connectivity index (χ3n) is 4.79. The van der Waals surface area contributed by atoms with Gasteiger partial charge in [0.05, 0.1) is 24.3 Å². The maximum absolute atomic E-state index is 12.3. The minimum Gasteiger partial charge on any atom is -0.376 e. The largest absolute Gasteiger partial charge is 0.376 e. The van der Waals surface area contributed by atoms with Crippen molar-refractivity contribution >= 4 is 11.8 Å². The SMILES string of the molecule is C[C@@H]1OCC[C@@H]1NC(=O)c1ccc(C(=O)N[C@@H]2CCO[C@H]2C)cc1. The molecule has 2 fully saturated rings. The fourth-order valence-corrected chi connectivity index (χ4v) is 3.12. The van der Waals surface area contributed by atoms with Gasteiger partial charge in [0.25, 0.3) is 11.8 Å². The summed E-state index contributed by atoms with van der Waals surface area (Å²) < 4.78 is 10.9. The van der Waals surface area contributed by atoms with E-state index in [9.17, 15) is 9.59 Å². The molecule has 4 atom stereocenters. The van der Waals surface area contributed by atoms with Crippen LogP contribution in [-0.4, -0.2) is 49.3 Å². The Morgan fingerprint density at radius 3 is 1.50 bits per heavy atom. The van der Waals surface area contributed by atoms with E-state index in [2.05, 4.69) is 10.6 Å². The molecule has 0 saturated carbocycles. The number of amides is 2. The summed E-state index contributed by atoms with van der Waals surface area (Å²) in [6, 6.07) is 6.81. The van der Waals surface area contributed by atoms with Crippen LogP contribution in [0.3, 0.4) is 0 Å². The Bertz CT molecular complexity index is 549. The molecule has 2 N–H and O–H groups in total. The van der Waals surface area contributed by atoms with Crippen molar-refractivity contribution in [3.8, 4) is 0 Å². The van der Waals surface area contributed by atoms with Crippen LogP contribution in [0, 0.1) is 0 Å². The van der Waals surface area contributed by atoms with Gasteiger partial charge in [0, 0.05) is 24.3 Å². The lowest BCUT2D eigenvalue weighted by molar-refractivity contribution is 0.0858. The molecule has 0 aromatic heterocycles. The van der Waals surface area contributed by atoms with Gasteiger partial charge in [-0.15, -0.1) is 0 Å². The fraction of sp³-hybridized carbons (Fsp3) is 0.556. The Hall–Kier alpha value is -1.92. The molecule has 0 bridgehead atoms. The zero-order chi connectivity index (χ0) is 17.1. The van der Waals surface area contributed by atoms with E-state index >= 15 is 0 Å². The number of nitrogens with one attached hydrogen (secondary N) is 2. The lowest BCUT2D eigenvalue weighted by atomic mass is 10.1. The number of ether oxygens (including phenoxy) is 2. The van der Waals surface area contributed by atoms with Crippen molar-refractivity contribution in [3.05, 3.63) is 35.4 Å². The highest BCUT2D eigenvalue weighted by molar-refractivity contribution is 5.98. The molecule has 6 heteroatoms. The Morgan fingerprint density at radius 1 is 0.833 bits per heavy atom. The molecule has 3 rings (SSSR count). The molecular weight excluding hydrogens is 308 g/mol. The summed E-state index contributed by atoms with van der Waals surface area (Å²) >= 11 is 0. The summed E-state index contributed by atoms with van der Waals surface area (Å²) in [5.41, 5.74) is 1.09. The van der Waals surface area contributed by atoms with Crippen molar-refractivity contribution in [3.63, 3.8) is 0 Å². The summed E-state index contributed by atoms with van der Waals surface area (Å²) in [5, 5.41) is 5.95. The molecule has 2 heterocycles. The van der Waals surface area contributed by atoms with Crippen molar-refractivity contribution in [2.45, 2.75) is 51.0 Å². The maximum Gasteiger partial charge on any atom is 0.251 e. The van der Waals surface area contributed by atoms with E-state index in [1.54, 1.807) is 24.3 Å². The average Bonchev–Trinajstić information content (AvgIpc) is 3.16. The molecule has 1 aromatic carbocycles. The Balaban J connectivity index is 1.58. The van der Waals surface area contributed by atoms with Crippen LogP contribution in [0.15, 0.2) is 24.3 Å². The molecule has 6 nitrogen and oxygen atoms in total. The third kappa shape index (κ3) is 3.76. The van der Waals surface area contributed by atoms with E-state index in [4.69, 9.17) is 9.47 Å². The highest BCUT2D eigenvalue weighted by Gasteiger charge is 2.27. The number of carbonyl (C=O) groups excluding carboxylic acids is 2. The first kappa shape index (κ1) is 16.9. The van der Waals surface area contributed by atoms with Crippen LogP contribution in [0.5, 0.6) is 0 Å². The second kappa shape index (κ2) is 7.32. The van der Waals surface area contributed by atoms with Crippen LogP contribution in [0.2, 0.25) is 0 Å². The van der Waals surface area contributed by atoms with Gasteiger partial charge in [-0.1, -0.05) is 0 Å². The standard InChI is InChI=1S/C18H24N2O4/c1-11-15(7-9-23-11)19-17(21)13-3-5-14(6-4-13)18(22)20-16-8-10-24-12(16)2/h3-6,11-12,15-16H,7-10H2,1-2H3,(H,19,21)(H,20,22)/t11-,12-,15-,16+/m0/s1. The molecule has 0 unspecified atom stereocenters. The number of benzene rings is 1. The van der Waals surface area contributed by atoms with Crippen molar-refractivity contribution < 1.29 is 19.1 Å². The van der Waals surface area contributed by atoms with Gasteiger partial charge < -0.3 is 20.1 Å². The predicted octanol–water partition coefficient (Wildman–Crippen LogP) is 1.50. The van der Waals surface area contributed by atoms with Gasteiger partial charge in [-0.25, -0.2) is 0 Å². The maximum atomic E-state index is 12.3. The molecule has 2 aliphatic heterocycles. The van der Waals surface area contributed by atoms with Crippen LogP contribution < -0.4 is 10.6 Å². The number of rotatable bonds is 4. The van der Waals surface area contributed by atoms with Crippen LogP contribution in [-0.2, 0) is 9.47 Å². The van der Waals surface area contributed by atoms with E-state index in [1.807, 2.05) is 13.8 Å². The highest BCUT2D eigenvalue weighted by Crippen LogP contribution is 2.15. The van der Waals surface area contributed by atoms with E-state index in [1.165, 1.54) is 0 Å². The first-order valence-electron chi connectivity index (χ1n) is 8.49. The molecule has 130 valence electrons. The summed E-state index contributed by atoms with van der Waals surface area (Å²) in [6.07, 6.45) is 1.73. The van der Waals surface area contributed by atoms with Crippen LogP contribution in [0.1, 0.15) is 47.4 Å². The van der Waals surface area contributed by atoms with Crippen molar-refractivity contribution in [1.82, 2.24) is 10.6 Å². The Morgan fingerprint density at radius 2 is 1.21 bits per heavy atom. The van der Waals surface area contributed by atoms with Gasteiger partial charge >= 0.3 is 0 Å². The zero-order valence-electron chi connectivity index (χ0n) is 14.1. The second-order valence-corrected chi connectivity index (χ2v) is 6.47. The molecule has 2 saturated heterocycles. The minimum absolute atomic E-state index is 0.0367. The summed E-state index contributed by atoms with van der Waals surface area (Å²) in [5.74, 6) is -0.274. The summed E-state index contributed by atoms with van der Waals surface area (Å²) in [4.78, 5) is 24.5. The summed E-state index contributed by atoms with van der Waals surface area (Å²) in [6.45, 7) is 5.27. The minimum atomic E-state index is -0.137. The van der Waals surface area contributed by atoms with Gasteiger partial charge in [0.1, 0.15) is 0 Å². The van der Waals surface area contributed by atoms with Gasteiger partial charge in [-0.3, -0.25) is 9.59 Å². The lowest BCUT2D eigenvalue weighted by Gasteiger charge is -2.17. The first-order valence-corrected chi connectivity index (χ1v) is 8.49. The highest BCUT2D eigenvalue weighted by atomic mass is 16.5. The van der Waals surface area contributed by atoms with Gasteiger partial charge in [0.2, 0.25) is 0 Å². The summed E-state index contributed by atoms with van der Waals surface area (Å²) in [7, 11) is 0. The van der Waals surface area contributed by atoms with Crippen LogP contribution in [0.4, 0.5) is 0 Å². The molecule has 2 aliphatic rings. The lowest BCUT2D eigenvalue weighted by Crippen LogP contribution is -2.39. The molecule has 1 aromatic rings. The smallest absolute Gasteiger partial charge is 0.251 e. The van der Waals surface area contributed by atoms with Crippen molar-refractivity contribution in [2.24, 2.45) is 0 Å². The molecule has 0 radical (unpaired) electrons. The number of carbonyl (C=O) groups is 2. The van der Waals surface area contributed by atoms with E-state index in [0.717, 1.165) is 12.8 Å². The number of hydrogen-bond donors (Lipinski definition) is 2. The predicted molar refractivity (Wildman–Crippen MR) is 89.0 cm³/mol. The second-order valence-electron chi connectivity index (χ2n) is 6.47. The van der Waals surface area contributed by atoms with E-state index < -0.39 is 0 Å². The van der Waals surface area contributed by atoms with Gasteiger partial charge in [-0.2, -0.15) is 0 Å². The normalized spacial score (nSPS) is 29.4. The quantitative estimate of drug-likeness (QED) is 0.876. The fourth-order valence-electron chi connectivity index (χ4n) is 3.12. The average molecular weight is 332 g/mol. The molecule has 24 heavy (non-hydrogen) atoms. The number of hydrogen-bond acceptors (Lipinski definition) is 4. The van der Waals surface area contributed by atoms with Crippen molar-refractivity contribution in [1.29, 1.82) is 0 Å². The van der Waals surface area contributed by atoms with Crippen LogP contribution >= 0.6 is 0 Å². The zero-order valence-corrected chi connectivity index (χ0v) is 14.1. The monoisotopic (exact) mass is 332 g/mol. The van der Waals surface area contributed by atoms with Gasteiger partial charge in [0.15, 0.2) is 0 Å². The molecule has 0 aliphatic carbocycles. The topological polar surface area (TPSA) is 76.7 Å². The van der Waals surface area contributed by atoms with Crippen LogP contribution in [0.25, 0.3) is 0 Å². The molecule has 2 amide bonds. The van der Waals surface area contributed by atoms with E-state index in [0.29, 0.717) is 24.3 Å². The third-order valence-corrected chi connectivity index (χ3v) is 4.79. The van der Waals surface area contributed by atoms with E-state index in [-0.39, 0.29) is 36.1 Å². The Kier molecular flexibility index (Phi) is 5.16. The van der Waals surface area contributed by atoms with Gasteiger partial charge in [-0.05, 0) is 51.0 Å². The van der Waals surface area contributed by atoms with Crippen molar-refractivity contribution in [2.75, 3.05) is 13.2 Å².